The summed E-state index contributed by atoms with van der Waals surface area (Å²) in [5, 5.41) is 30.5. The van der Waals surface area contributed by atoms with Gasteiger partial charge in [-0.25, -0.2) is 0 Å². The van der Waals surface area contributed by atoms with Gasteiger partial charge in [0.25, 0.3) is 12.1 Å². The third-order valence-electron chi connectivity index (χ3n) is 5.00. The lowest BCUT2D eigenvalue weighted by Crippen LogP contribution is -2.46. The van der Waals surface area contributed by atoms with Crippen molar-refractivity contribution in [3.63, 3.8) is 0 Å². The molecule has 8 heteroatoms. The Morgan fingerprint density at radius 1 is 1.25 bits per heavy atom. The maximum Gasteiger partial charge on any atom is 0.292 e. The van der Waals surface area contributed by atoms with Crippen LogP contribution < -0.4 is 10.3 Å². The molecule has 0 spiro atoms. The predicted molar refractivity (Wildman–Crippen MR) is 101 cm³/mol. The molecule has 5 N–H and O–H groups in total. The van der Waals surface area contributed by atoms with E-state index in [1.807, 2.05) is 0 Å². The van der Waals surface area contributed by atoms with Gasteiger partial charge in [0.05, 0.1) is 6.61 Å². The van der Waals surface area contributed by atoms with Crippen molar-refractivity contribution in [2.45, 2.75) is 82.7 Å². The maximum atomic E-state index is 11.3. The molecule has 158 valence electrons. The highest BCUT2D eigenvalue weighted by atomic mass is 16.6. The molecule has 1 amide bonds. The lowest BCUT2D eigenvalue weighted by Gasteiger charge is -2.17. The second kappa shape index (κ2) is 11.4. The molecular weight excluding hydrogens is 364 g/mol. The fourth-order valence-corrected chi connectivity index (χ4v) is 3.30. The Kier molecular flexibility index (Phi) is 9.27. The van der Waals surface area contributed by atoms with Crippen molar-refractivity contribution in [2.75, 3.05) is 6.61 Å². The fourth-order valence-electron chi connectivity index (χ4n) is 3.30. The summed E-state index contributed by atoms with van der Waals surface area (Å²) in [4.78, 5) is 11.3. The predicted octanol–water partition coefficient (Wildman–Crippen LogP) is 0.778. The first-order valence-corrected chi connectivity index (χ1v) is 10.1. The zero-order chi connectivity index (χ0) is 20.5. The number of rotatable bonds is 12. The number of aromatic nitrogens is 1. The van der Waals surface area contributed by atoms with E-state index >= 15 is 0 Å². The molecule has 2 heterocycles. The topological polar surface area (TPSA) is 126 Å². The third kappa shape index (κ3) is 6.49. The Bertz CT molecular complexity index is 614. The van der Waals surface area contributed by atoms with E-state index in [0.717, 1.165) is 19.3 Å². The lowest BCUT2D eigenvalue weighted by atomic mass is 10.1. The first-order valence-electron chi connectivity index (χ1n) is 10.1. The summed E-state index contributed by atoms with van der Waals surface area (Å²) in [7, 11) is 0. The molecule has 0 bridgehead atoms. The SMILES string of the molecule is CCCCCCCCC(O)OC[C@H]1OC([n+]2cccc(C(N)=O)c2)[C@H](O)[C@@H]1O. The normalized spacial score (nSPS) is 25.7. The number of hydrogen-bond acceptors (Lipinski definition) is 6. The Balaban J connectivity index is 1.79. The summed E-state index contributed by atoms with van der Waals surface area (Å²) >= 11 is 0. The summed E-state index contributed by atoms with van der Waals surface area (Å²) in [5.41, 5.74) is 5.54. The number of pyridine rings is 1. The highest BCUT2D eigenvalue weighted by molar-refractivity contribution is 5.92. The van der Waals surface area contributed by atoms with Gasteiger partial charge in [-0.2, -0.15) is 4.57 Å². The lowest BCUT2D eigenvalue weighted by molar-refractivity contribution is -0.765. The summed E-state index contributed by atoms with van der Waals surface area (Å²) in [5.74, 6) is -0.597. The van der Waals surface area contributed by atoms with Crippen molar-refractivity contribution in [1.29, 1.82) is 0 Å². The van der Waals surface area contributed by atoms with Crippen LogP contribution in [0.15, 0.2) is 24.5 Å². The summed E-state index contributed by atoms with van der Waals surface area (Å²) in [6.07, 6.45) is 5.37. The molecule has 1 fully saturated rings. The average Bonchev–Trinajstić information content (AvgIpc) is 2.97. The van der Waals surface area contributed by atoms with Crippen molar-refractivity contribution >= 4 is 5.91 Å². The van der Waals surface area contributed by atoms with E-state index in [0.29, 0.717) is 6.42 Å². The molecule has 5 atom stereocenters. The van der Waals surface area contributed by atoms with Crippen molar-refractivity contribution in [1.82, 2.24) is 0 Å². The van der Waals surface area contributed by atoms with E-state index in [4.69, 9.17) is 15.2 Å². The maximum absolute atomic E-state index is 11.3. The molecule has 0 aliphatic carbocycles. The Hall–Kier alpha value is -1.58. The number of aliphatic hydroxyl groups excluding tert-OH is 3. The molecule has 1 aromatic rings. The van der Waals surface area contributed by atoms with E-state index in [1.165, 1.54) is 30.0 Å². The molecule has 2 unspecified atom stereocenters. The van der Waals surface area contributed by atoms with Crippen molar-refractivity contribution < 1.29 is 34.2 Å². The highest BCUT2D eigenvalue weighted by Crippen LogP contribution is 2.26. The number of ether oxygens (including phenoxy) is 2. The number of aliphatic hydroxyl groups is 3. The monoisotopic (exact) mass is 397 g/mol. The van der Waals surface area contributed by atoms with Crippen molar-refractivity contribution in [3.05, 3.63) is 30.1 Å². The average molecular weight is 397 g/mol. The van der Waals surface area contributed by atoms with Crippen LogP contribution in [0.3, 0.4) is 0 Å². The minimum absolute atomic E-state index is 0.0399. The molecule has 2 rings (SSSR count). The number of primary amides is 1. The standard InChI is InChI=1S/C20H32N2O6/c1-2-3-4-5-6-7-10-16(23)27-13-15-17(24)18(25)20(28-15)22-11-8-9-14(12-22)19(21)26/h8-9,11-12,15-18,20,23-25H,2-7,10,13H2,1H3,(H-,21,26)/p+1/t15-,16?,17-,18-,20?/m1/s1. The second-order valence-electron chi connectivity index (χ2n) is 7.29. The number of carbonyl (C=O) groups excluding carboxylic acids is 1. The van der Waals surface area contributed by atoms with Crippen LogP contribution in [0, 0.1) is 0 Å². The molecule has 1 saturated heterocycles. The number of nitrogens with two attached hydrogens (primary N) is 1. The molecule has 0 radical (unpaired) electrons. The smallest absolute Gasteiger partial charge is 0.292 e. The Labute approximate surface area is 165 Å². The van der Waals surface area contributed by atoms with Gasteiger partial charge in [-0.1, -0.05) is 39.0 Å². The van der Waals surface area contributed by atoms with E-state index < -0.39 is 36.7 Å². The van der Waals surface area contributed by atoms with Gasteiger partial charge in [0.1, 0.15) is 17.8 Å². The quantitative estimate of drug-likeness (QED) is 0.235. The highest BCUT2D eigenvalue weighted by Gasteiger charge is 2.48. The van der Waals surface area contributed by atoms with Gasteiger partial charge in [0, 0.05) is 6.07 Å². The number of hydrogen-bond donors (Lipinski definition) is 4. The zero-order valence-corrected chi connectivity index (χ0v) is 16.4. The van der Waals surface area contributed by atoms with Crippen LogP contribution >= 0.6 is 0 Å². The summed E-state index contributed by atoms with van der Waals surface area (Å²) < 4.78 is 12.6. The molecule has 1 aliphatic rings. The van der Waals surface area contributed by atoms with Crippen molar-refractivity contribution in [3.8, 4) is 0 Å². The molecular formula is C20H33N2O6+. The minimum Gasteiger partial charge on any atom is -0.387 e. The summed E-state index contributed by atoms with van der Waals surface area (Å²) in [6.45, 7) is 2.13. The molecule has 0 aromatic carbocycles. The van der Waals surface area contributed by atoms with Gasteiger partial charge in [0.2, 0.25) is 0 Å². The third-order valence-corrected chi connectivity index (χ3v) is 5.00. The van der Waals surface area contributed by atoms with Gasteiger partial charge in [-0.05, 0) is 18.9 Å². The second-order valence-corrected chi connectivity index (χ2v) is 7.29. The van der Waals surface area contributed by atoms with E-state index in [2.05, 4.69) is 6.92 Å². The number of amides is 1. The van der Waals surface area contributed by atoms with E-state index in [-0.39, 0.29) is 12.2 Å². The Morgan fingerprint density at radius 2 is 1.96 bits per heavy atom. The van der Waals surface area contributed by atoms with Crippen LogP contribution in [0.1, 0.15) is 68.5 Å². The fraction of sp³-hybridized carbons (Fsp3) is 0.700. The van der Waals surface area contributed by atoms with Crippen LogP contribution in [0.2, 0.25) is 0 Å². The van der Waals surface area contributed by atoms with Gasteiger partial charge in [-0.3, -0.25) is 4.79 Å². The van der Waals surface area contributed by atoms with Crippen molar-refractivity contribution in [2.24, 2.45) is 5.73 Å². The van der Waals surface area contributed by atoms with Gasteiger partial charge >= 0.3 is 0 Å². The first kappa shape index (κ1) is 22.7. The zero-order valence-electron chi connectivity index (χ0n) is 16.4. The summed E-state index contributed by atoms with van der Waals surface area (Å²) in [6, 6.07) is 3.16. The van der Waals surface area contributed by atoms with Gasteiger partial charge in [-0.15, -0.1) is 0 Å². The first-order chi connectivity index (χ1) is 13.4. The minimum atomic E-state index is -1.20. The number of unbranched alkanes of at least 4 members (excludes halogenated alkanes) is 5. The van der Waals surface area contributed by atoms with Crippen LogP contribution in [0.4, 0.5) is 0 Å². The van der Waals surface area contributed by atoms with Crippen LogP contribution in [0.5, 0.6) is 0 Å². The van der Waals surface area contributed by atoms with Crippen LogP contribution in [0.25, 0.3) is 0 Å². The number of nitrogens with zero attached hydrogens (tertiary/aromatic N) is 1. The van der Waals surface area contributed by atoms with E-state index in [9.17, 15) is 20.1 Å². The van der Waals surface area contributed by atoms with Gasteiger partial charge in [0.15, 0.2) is 24.8 Å². The Morgan fingerprint density at radius 3 is 2.68 bits per heavy atom. The van der Waals surface area contributed by atoms with Gasteiger partial charge < -0.3 is 30.5 Å². The number of carbonyl (C=O) groups is 1. The van der Waals surface area contributed by atoms with E-state index in [1.54, 1.807) is 18.3 Å². The molecule has 1 aliphatic heterocycles. The van der Waals surface area contributed by atoms with Crippen LogP contribution in [-0.2, 0) is 9.47 Å². The van der Waals surface area contributed by atoms with Crippen LogP contribution in [-0.4, -0.2) is 52.4 Å². The molecule has 0 saturated carbocycles. The molecule has 1 aromatic heterocycles. The largest absolute Gasteiger partial charge is 0.387 e. The molecule has 8 nitrogen and oxygen atoms in total. The molecule has 28 heavy (non-hydrogen) atoms.